The van der Waals surface area contributed by atoms with Gasteiger partial charge in [-0.2, -0.15) is 4.31 Å². The van der Waals surface area contributed by atoms with Crippen LogP contribution in [0.15, 0.2) is 17.0 Å². The number of halogens is 2. The van der Waals surface area contributed by atoms with Gasteiger partial charge in [-0.1, -0.05) is 36.5 Å². The molecule has 0 spiro atoms. The largest absolute Gasteiger partial charge is 0.326 e. The van der Waals surface area contributed by atoms with E-state index >= 15 is 0 Å². The number of sulfonamides is 1. The van der Waals surface area contributed by atoms with Crippen LogP contribution in [0.3, 0.4) is 0 Å². The molecule has 0 atom stereocenters. The van der Waals surface area contributed by atoms with Gasteiger partial charge in [0.1, 0.15) is 4.90 Å². The van der Waals surface area contributed by atoms with Crippen molar-refractivity contribution in [3.63, 3.8) is 0 Å². The third-order valence-corrected chi connectivity index (χ3v) is 6.74. The fourth-order valence-corrected chi connectivity index (χ4v) is 4.80. The molecule has 4 nitrogen and oxygen atoms in total. The summed E-state index contributed by atoms with van der Waals surface area (Å²) in [6.07, 6.45) is 3.37. The molecule has 21 heavy (non-hydrogen) atoms. The Hall–Kier alpha value is -0.330. The number of benzene rings is 1. The first-order valence-electron chi connectivity index (χ1n) is 7.08. The molecule has 0 aliphatic heterocycles. The average Bonchev–Trinajstić information content (AvgIpc) is 2.37. The number of rotatable bonds is 6. The Bertz CT molecular complexity index is 616. The summed E-state index contributed by atoms with van der Waals surface area (Å²) in [7, 11) is -3.62. The predicted octanol–water partition coefficient (Wildman–Crippen LogP) is 3.26. The van der Waals surface area contributed by atoms with Crippen LogP contribution in [0.5, 0.6) is 0 Å². The minimum atomic E-state index is -3.62. The van der Waals surface area contributed by atoms with Crippen molar-refractivity contribution >= 4 is 33.2 Å². The highest BCUT2D eigenvalue weighted by atomic mass is 35.5. The van der Waals surface area contributed by atoms with Crippen molar-refractivity contribution in [2.75, 3.05) is 13.1 Å². The Labute approximate surface area is 136 Å². The lowest BCUT2D eigenvalue weighted by Gasteiger charge is -2.31. The Morgan fingerprint density at radius 2 is 1.95 bits per heavy atom. The molecule has 1 saturated carbocycles. The second-order valence-electron chi connectivity index (χ2n) is 5.33. The third-order valence-electron chi connectivity index (χ3n) is 3.98. The van der Waals surface area contributed by atoms with E-state index in [1.807, 2.05) is 6.92 Å². The van der Waals surface area contributed by atoms with E-state index in [4.69, 9.17) is 28.9 Å². The summed E-state index contributed by atoms with van der Waals surface area (Å²) < 4.78 is 27.1. The average molecular weight is 351 g/mol. The van der Waals surface area contributed by atoms with Gasteiger partial charge < -0.3 is 5.73 Å². The van der Waals surface area contributed by atoms with Crippen molar-refractivity contribution < 1.29 is 8.42 Å². The van der Waals surface area contributed by atoms with Gasteiger partial charge in [-0.25, -0.2) is 8.42 Å². The molecule has 1 fully saturated rings. The maximum Gasteiger partial charge on any atom is 0.244 e. The minimum absolute atomic E-state index is 0.0928. The van der Waals surface area contributed by atoms with Gasteiger partial charge in [-0.3, -0.25) is 0 Å². The summed E-state index contributed by atoms with van der Waals surface area (Å²) in [5, 5.41) is 0.535. The molecule has 1 aliphatic carbocycles. The van der Waals surface area contributed by atoms with E-state index in [0.29, 0.717) is 29.6 Å². The number of hydrogen-bond acceptors (Lipinski definition) is 3. The van der Waals surface area contributed by atoms with Gasteiger partial charge in [0.05, 0.1) is 5.02 Å². The van der Waals surface area contributed by atoms with Crippen LogP contribution in [0, 0.1) is 5.92 Å². The van der Waals surface area contributed by atoms with E-state index < -0.39 is 10.0 Å². The summed E-state index contributed by atoms with van der Waals surface area (Å²) >= 11 is 12.1. The molecule has 0 heterocycles. The van der Waals surface area contributed by atoms with Crippen molar-refractivity contribution in [3.05, 3.63) is 27.7 Å². The molecular weight excluding hydrogens is 331 g/mol. The van der Waals surface area contributed by atoms with Crippen molar-refractivity contribution in [1.82, 2.24) is 4.31 Å². The van der Waals surface area contributed by atoms with Crippen LogP contribution in [0.25, 0.3) is 0 Å². The fourth-order valence-electron chi connectivity index (χ4n) is 2.42. The van der Waals surface area contributed by atoms with E-state index in [-0.39, 0.29) is 16.5 Å². The Morgan fingerprint density at radius 1 is 1.29 bits per heavy atom. The fraction of sp³-hybridized carbons (Fsp3) is 0.571. The first-order valence-corrected chi connectivity index (χ1v) is 9.27. The van der Waals surface area contributed by atoms with E-state index in [9.17, 15) is 8.42 Å². The monoisotopic (exact) mass is 350 g/mol. The van der Waals surface area contributed by atoms with Crippen LogP contribution in [0.4, 0.5) is 0 Å². The zero-order chi connectivity index (χ0) is 15.6. The summed E-state index contributed by atoms with van der Waals surface area (Å²) in [5.74, 6) is 0.458. The third kappa shape index (κ3) is 3.54. The lowest BCUT2D eigenvalue weighted by molar-refractivity contribution is 0.250. The first-order chi connectivity index (χ1) is 9.90. The van der Waals surface area contributed by atoms with Crippen molar-refractivity contribution in [2.45, 2.75) is 37.6 Å². The molecule has 0 radical (unpaired) electrons. The second-order valence-corrected chi connectivity index (χ2v) is 8.05. The smallest absolute Gasteiger partial charge is 0.244 e. The van der Waals surface area contributed by atoms with Crippen molar-refractivity contribution in [2.24, 2.45) is 11.7 Å². The molecule has 0 amide bonds. The summed E-state index contributed by atoms with van der Waals surface area (Å²) in [5.41, 5.74) is 6.18. The summed E-state index contributed by atoms with van der Waals surface area (Å²) in [4.78, 5) is 0.0928. The first kappa shape index (κ1) is 17.0. The Morgan fingerprint density at radius 3 is 2.43 bits per heavy atom. The minimum Gasteiger partial charge on any atom is -0.326 e. The van der Waals surface area contributed by atoms with Crippen molar-refractivity contribution in [1.29, 1.82) is 0 Å². The number of hydrogen-bond donors (Lipinski definition) is 1. The topological polar surface area (TPSA) is 63.4 Å². The van der Waals surface area contributed by atoms with E-state index in [0.717, 1.165) is 12.8 Å². The van der Waals surface area contributed by atoms with Gasteiger partial charge in [0.25, 0.3) is 0 Å². The van der Waals surface area contributed by atoms with E-state index in [1.54, 1.807) is 0 Å². The van der Waals surface area contributed by atoms with Crippen LogP contribution in [-0.4, -0.2) is 25.8 Å². The Balaban J connectivity index is 2.36. The van der Waals surface area contributed by atoms with Gasteiger partial charge in [0.15, 0.2) is 0 Å². The molecule has 2 rings (SSSR count). The molecule has 1 aromatic rings. The highest BCUT2D eigenvalue weighted by Crippen LogP contribution is 2.33. The molecule has 118 valence electrons. The van der Waals surface area contributed by atoms with Crippen LogP contribution >= 0.6 is 23.2 Å². The summed E-state index contributed by atoms with van der Waals surface area (Å²) in [6.45, 7) is 2.99. The standard InChI is InChI=1S/C14H20Cl2N2O2S/c1-2-18(9-10-4-3-5-10)21(19,20)14-6-11(8-17)12(15)7-13(14)16/h6-7,10H,2-5,8-9,17H2,1H3. The molecule has 0 bridgehead atoms. The highest BCUT2D eigenvalue weighted by molar-refractivity contribution is 7.89. The van der Waals surface area contributed by atoms with Gasteiger partial charge in [-0.05, 0) is 36.5 Å². The molecule has 2 N–H and O–H groups in total. The lowest BCUT2D eigenvalue weighted by Crippen LogP contribution is -2.37. The highest BCUT2D eigenvalue weighted by Gasteiger charge is 2.30. The maximum absolute atomic E-state index is 12.8. The SMILES string of the molecule is CCN(CC1CCC1)S(=O)(=O)c1cc(CN)c(Cl)cc1Cl. The molecule has 1 aliphatic rings. The van der Waals surface area contributed by atoms with E-state index in [1.165, 1.54) is 22.9 Å². The second kappa shape index (κ2) is 6.84. The van der Waals surface area contributed by atoms with Crippen LogP contribution in [0.1, 0.15) is 31.7 Å². The van der Waals surface area contributed by atoms with Gasteiger partial charge in [0.2, 0.25) is 10.0 Å². The van der Waals surface area contributed by atoms with Gasteiger partial charge >= 0.3 is 0 Å². The summed E-state index contributed by atoms with van der Waals surface area (Å²) in [6, 6.07) is 2.94. The molecule has 0 saturated heterocycles. The maximum atomic E-state index is 12.8. The number of nitrogens with two attached hydrogens (primary N) is 1. The predicted molar refractivity (Wildman–Crippen MR) is 86.1 cm³/mol. The van der Waals surface area contributed by atoms with Crippen LogP contribution < -0.4 is 5.73 Å². The molecular formula is C14H20Cl2N2O2S. The van der Waals surface area contributed by atoms with Crippen LogP contribution in [0.2, 0.25) is 10.0 Å². The van der Waals surface area contributed by atoms with Gasteiger partial charge in [-0.15, -0.1) is 0 Å². The van der Waals surface area contributed by atoms with Crippen LogP contribution in [-0.2, 0) is 16.6 Å². The molecule has 1 aromatic carbocycles. The zero-order valence-electron chi connectivity index (χ0n) is 12.0. The molecule has 0 unspecified atom stereocenters. The quantitative estimate of drug-likeness (QED) is 0.856. The Kier molecular flexibility index (Phi) is 5.54. The lowest BCUT2D eigenvalue weighted by atomic mass is 9.85. The van der Waals surface area contributed by atoms with Gasteiger partial charge in [0, 0.05) is 24.7 Å². The van der Waals surface area contributed by atoms with Crippen molar-refractivity contribution in [3.8, 4) is 0 Å². The molecule has 7 heteroatoms. The van der Waals surface area contributed by atoms with E-state index in [2.05, 4.69) is 0 Å². The zero-order valence-corrected chi connectivity index (χ0v) is 14.3. The normalized spacial score (nSPS) is 16.2. The molecule has 0 aromatic heterocycles. The number of nitrogens with zero attached hydrogens (tertiary/aromatic N) is 1.